The van der Waals surface area contributed by atoms with Crippen LogP contribution in [-0.2, 0) is 22.7 Å². The van der Waals surface area contributed by atoms with Crippen LogP contribution in [0.15, 0.2) is 48.5 Å². The number of piperidine rings is 1. The Morgan fingerprint density at radius 3 is 2.45 bits per heavy atom. The Morgan fingerprint density at radius 2 is 1.82 bits per heavy atom. The summed E-state index contributed by atoms with van der Waals surface area (Å²) in [6.45, 7) is 6.70. The highest BCUT2D eigenvalue weighted by Gasteiger charge is 2.40. The van der Waals surface area contributed by atoms with Crippen LogP contribution in [0.2, 0.25) is 0 Å². The average molecular weight is 555 g/mol. The van der Waals surface area contributed by atoms with Crippen LogP contribution in [0.1, 0.15) is 57.2 Å². The molecule has 2 aromatic rings. The van der Waals surface area contributed by atoms with Crippen molar-refractivity contribution in [2.24, 2.45) is 5.92 Å². The minimum atomic E-state index is -4.82. The van der Waals surface area contributed by atoms with Gasteiger partial charge in [0, 0.05) is 42.5 Å². The predicted molar refractivity (Wildman–Crippen MR) is 137 cm³/mol. The number of rotatable bonds is 6. The van der Waals surface area contributed by atoms with Crippen LogP contribution in [0.5, 0.6) is 11.5 Å². The van der Waals surface area contributed by atoms with Crippen molar-refractivity contribution in [3.05, 3.63) is 59.7 Å². The number of likely N-dealkylation sites (tertiary alicyclic amines) is 1. The van der Waals surface area contributed by atoms with Crippen LogP contribution in [-0.4, -0.2) is 45.8 Å². The van der Waals surface area contributed by atoms with E-state index in [1.165, 1.54) is 18.2 Å². The molecule has 1 fully saturated rings. The van der Waals surface area contributed by atoms with E-state index in [0.29, 0.717) is 37.9 Å². The van der Waals surface area contributed by atoms with Crippen LogP contribution in [0.3, 0.4) is 0 Å². The summed E-state index contributed by atoms with van der Waals surface area (Å²) in [6.07, 6.45) is -3.74. The molecule has 208 valence electrons. The first kappa shape index (κ1) is 28.4. The van der Waals surface area contributed by atoms with Crippen molar-refractivity contribution in [2.45, 2.75) is 69.9 Å². The van der Waals surface area contributed by atoms with Crippen LogP contribution in [0.4, 0.5) is 18.0 Å². The van der Waals surface area contributed by atoms with Crippen molar-refractivity contribution in [3.8, 4) is 11.5 Å². The van der Waals surface area contributed by atoms with Crippen molar-refractivity contribution in [2.75, 3.05) is 13.1 Å². The van der Waals surface area contributed by atoms with Gasteiger partial charge in [-0.15, -0.1) is 17.9 Å². The Bertz CT molecular complexity index is 1090. The van der Waals surface area contributed by atoms with Gasteiger partial charge in [-0.3, -0.25) is 0 Å². The quantitative estimate of drug-likeness (QED) is 0.449. The molecule has 7 nitrogen and oxygen atoms in total. The van der Waals surface area contributed by atoms with E-state index < -0.39 is 22.5 Å². The van der Waals surface area contributed by atoms with E-state index in [4.69, 9.17) is 9.47 Å². The molecule has 0 saturated carbocycles. The Balaban J connectivity index is 1.42. The summed E-state index contributed by atoms with van der Waals surface area (Å²) in [6, 6.07) is 13.1. The standard InChI is InChI=1S/C27H33F3N2O5S/c1-26(2,3)38(34)31-22-16-23(36-24-15-20(9-10-21(22)24)37-27(28,29)30)19-11-13-32(14-12-19)25(33)35-17-18-7-5-4-6-8-18/h4-10,15,19,22-23,31H,11-14,16-17H2,1-3H3/t22-,23-,38?/m0/s1. The van der Waals surface area contributed by atoms with Gasteiger partial charge in [0.15, 0.2) is 0 Å². The smallest absolute Gasteiger partial charge is 0.573 e. The lowest BCUT2D eigenvalue weighted by Gasteiger charge is -2.40. The third kappa shape index (κ3) is 7.48. The highest BCUT2D eigenvalue weighted by molar-refractivity contribution is 7.90. The van der Waals surface area contributed by atoms with Crippen molar-refractivity contribution in [1.29, 1.82) is 0 Å². The molecule has 3 atom stereocenters. The van der Waals surface area contributed by atoms with Crippen LogP contribution in [0, 0.1) is 5.92 Å². The molecule has 0 aromatic heterocycles. The fourth-order valence-electron chi connectivity index (χ4n) is 4.64. The number of carbonyl (C=O) groups is 1. The molecular formula is C27H33F3N2O5S. The molecule has 0 radical (unpaired) electrons. The second-order valence-electron chi connectivity index (χ2n) is 10.6. The van der Waals surface area contributed by atoms with Crippen molar-refractivity contribution >= 4 is 17.5 Å². The number of nitrogens with one attached hydrogen (secondary N) is 1. The second kappa shape index (κ2) is 11.6. The van der Waals surface area contributed by atoms with E-state index in [1.54, 1.807) is 4.90 Å². The summed E-state index contributed by atoms with van der Waals surface area (Å²) in [4.78, 5) is 14.2. The molecule has 1 amide bonds. The largest absolute Gasteiger partial charge is 0.598 e. The van der Waals surface area contributed by atoms with Gasteiger partial charge in [-0.2, -0.15) is 0 Å². The third-order valence-electron chi connectivity index (χ3n) is 6.67. The molecule has 1 N–H and O–H groups in total. The van der Waals surface area contributed by atoms with Gasteiger partial charge in [0.25, 0.3) is 0 Å². The first-order valence-corrected chi connectivity index (χ1v) is 13.7. The minimum Gasteiger partial charge on any atom is -0.598 e. The highest BCUT2D eigenvalue weighted by Crippen LogP contribution is 2.42. The number of fused-ring (bicyclic) bond motifs is 1. The lowest BCUT2D eigenvalue weighted by atomic mass is 9.85. The monoisotopic (exact) mass is 554 g/mol. The van der Waals surface area contributed by atoms with Gasteiger partial charge >= 0.3 is 12.5 Å². The first-order chi connectivity index (χ1) is 17.9. The number of nitrogens with zero attached hydrogens (tertiary/aromatic N) is 1. The average Bonchev–Trinajstić information content (AvgIpc) is 2.86. The molecule has 4 rings (SSSR count). The number of amides is 1. The molecular weight excluding hydrogens is 521 g/mol. The van der Waals surface area contributed by atoms with E-state index in [9.17, 15) is 22.5 Å². The first-order valence-electron chi connectivity index (χ1n) is 12.6. The van der Waals surface area contributed by atoms with E-state index in [0.717, 1.165) is 5.56 Å². The minimum absolute atomic E-state index is 0.0564. The SMILES string of the molecule is CC(C)(C)[S+]([O-])N[C@H]1C[C@@H](C2CCN(C(=O)OCc3ccccc3)CC2)Oc2cc(OC(F)(F)F)ccc21. The number of carbonyl (C=O) groups excluding carboxylic acids is 1. The van der Waals surface area contributed by atoms with Crippen molar-refractivity contribution < 1.29 is 36.7 Å². The second-order valence-corrected chi connectivity index (χ2v) is 12.6. The molecule has 0 aliphatic carbocycles. The molecule has 1 saturated heterocycles. The molecule has 2 aliphatic heterocycles. The molecule has 1 unspecified atom stereocenters. The highest BCUT2D eigenvalue weighted by atomic mass is 32.2. The number of alkyl halides is 3. The zero-order chi connectivity index (χ0) is 27.5. The van der Waals surface area contributed by atoms with Crippen molar-refractivity contribution in [3.63, 3.8) is 0 Å². The normalized spacial score (nSPS) is 21.3. The maximum atomic E-state index is 12.9. The summed E-state index contributed by atoms with van der Waals surface area (Å²) in [5.41, 5.74) is 1.54. The van der Waals surface area contributed by atoms with Gasteiger partial charge in [-0.1, -0.05) is 30.3 Å². The van der Waals surface area contributed by atoms with Crippen LogP contribution in [0.25, 0.3) is 0 Å². The zero-order valence-electron chi connectivity index (χ0n) is 21.6. The van der Waals surface area contributed by atoms with Gasteiger partial charge in [0.2, 0.25) is 0 Å². The molecule has 2 aliphatic rings. The number of ether oxygens (including phenoxy) is 3. The molecule has 11 heteroatoms. The lowest BCUT2D eigenvalue weighted by Crippen LogP contribution is -2.47. The lowest BCUT2D eigenvalue weighted by molar-refractivity contribution is -0.274. The Hall–Kier alpha value is -2.63. The van der Waals surface area contributed by atoms with Crippen LogP contribution < -0.4 is 14.2 Å². The van der Waals surface area contributed by atoms with Crippen LogP contribution >= 0.6 is 0 Å². The number of hydrogen-bond acceptors (Lipinski definition) is 6. The van der Waals surface area contributed by atoms with Crippen molar-refractivity contribution in [1.82, 2.24) is 9.62 Å². The molecule has 2 heterocycles. The fourth-order valence-corrected chi connectivity index (χ4v) is 5.48. The van der Waals surface area contributed by atoms with Gasteiger partial charge < -0.3 is 23.7 Å². The van der Waals surface area contributed by atoms with E-state index in [-0.39, 0.29) is 42.3 Å². The summed E-state index contributed by atoms with van der Waals surface area (Å²) in [5, 5.41) is 0. The predicted octanol–water partition coefficient (Wildman–Crippen LogP) is 5.88. The van der Waals surface area contributed by atoms with E-state index in [1.807, 2.05) is 51.1 Å². The fraction of sp³-hybridized carbons (Fsp3) is 0.519. The summed E-state index contributed by atoms with van der Waals surface area (Å²) in [7, 11) is 0. The zero-order valence-corrected chi connectivity index (χ0v) is 22.4. The molecule has 0 spiro atoms. The Labute approximate surface area is 223 Å². The van der Waals surface area contributed by atoms with Gasteiger partial charge in [0.1, 0.15) is 29.0 Å². The number of benzene rings is 2. The van der Waals surface area contributed by atoms with Gasteiger partial charge in [0.05, 0.1) is 6.04 Å². The number of hydrogen-bond donors (Lipinski definition) is 1. The van der Waals surface area contributed by atoms with Gasteiger partial charge in [-0.25, -0.2) is 4.79 Å². The molecule has 0 bridgehead atoms. The summed E-state index contributed by atoms with van der Waals surface area (Å²) >= 11 is -1.40. The maximum absolute atomic E-state index is 12.9. The summed E-state index contributed by atoms with van der Waals surface area (Å²) < 4.78 is 69.7. The number of halogens is 3. The third-order valence-corrected chi connectivity index (χ3v) is 8.29. The maximum Gasteiger partial charge on any atom is 0.573 e. The Morgan fingerprint density at radius 1 is 1.13 bits per heavy atom. The topological polar surface area (TPSA) is 83.1 Å². The molecule has 38 heavy (non-hydrogen) atoms. The molecule has 2 aromatic carbocycles. The van der Waals surface area contributed by atoms with E-state index in [2.05, 4.69) is 9.46 Å². The van der Waals surface area contributed by atoms with E-state index >= 15 is 0 Å². The van der Waals surface area contributed by atoms with Gasteiger partial charge in [-0.05, 0) is 57.2 Å². The summed E-state index contributed by atoms with van der Waals surface area (Å²) in [5.74, 6) is -0.0411. The Kier molecular flexibility index (Phi) is 8.68.